The maximum Gasteiger partial charge on any atom is 0.327 e. The van der Waals surface area contributed by atoms with Crippen molar-refractivity contribution in [2.75, 3.05) is 12.4 Å². The average molecular weight is 506 g/mol. The second-order valence-electron chi connectivity index (χ2n) is 7.75. The second-order valence-corrected chi connectivity index (χ2v) is 8.65. The topological polar surface area (TPSA) is 201 Å². The summed E-state index contributed by atoms with van der Waals surface area (Å²) in [5.41, 5.74) is 1.58. The van der Waals surface area contributed by atoms with E-state index < -0.39 is 49.1 Å². The van der Waals surface area contributed by atoms with Gasteiger partial charge in [0.15, 0.2) is 29.3 Å². The number of thioether (sulfide) groups is 1. The summed E-state index contributed by atoms with van der Waals surface area (Å²) in [5, 5.41) is 42.7. The first-order chi connectivity index (χ1) is 16.8. The predicted octanol–water partition coefficient (Wildman–Crippen LogP) is -1.45. The number of hydrogen-bond acceptors (Lipinski definition) is 11. The zero-order chi connectivity index (χ0) is 25.3. The molecule has 1 saturated heterocycles. The molecular formula is C20H22N6O8S. The fourth-order valence-electron chi connectivity index (χ4n) is 3.72. The first-order valence-electron chi connectivity index (χ1n) is 10.3. The number of carbonyl (C=O) groups is 3. The molecule has 0 aliphatic carbocycles. The number of fused-ring (bicyclic) bond motifs is 3. The van der Waals surface area contributed by atoms with Crippen molar-refractivity contribution in [2.24, 2.45) is 0 Å². The van der Waals surface area contributed by atoms with Gasteiger partial charge in [-0.2, -0.15) is 0 Å². The molecule has 14 nitrogen and oxygen atoms in total. The van der Waals surface area contributed by atoms with Crippen LogP contribution in [0.4, 0.5) is 0 Å². The van der Waals surface area contributed by atoms with Crippen LogP contribution in [0.5, 0.6) is 0 Å². The van der Waals surface area contributed by atoms with E-state index in [-0.39, 0.29) is 11.3 Å². The van der Waals surface area contributed by atoms with E-state index in [1.165, 1.54) is 40.2 Å². The van der Waals surface area contributed by atoms with Gasteiger partial charge in [0, 0.05) is 18.2 Å². The molecule has 0 radical (unpaired) electrons. The number of carboxylic acids is 1. The molecule has 3 aromatic rings. The molecule has 35 heavy (non-hydrogen) atoms. The van der Waals surface area contributed by atoms with Gasteiger partial charge in [-0.3, -0.25) is 18.6 Å². The fraction of sp³-hybridized carbons (Fsp3) is 0.400. The molecule has 1 amide bonds. The van der Waals surface area contributed by atoms with E-state index in [0.29, 0.717) is 28.8 Å². The third-order valence-electron chi connectivity index (χ3n) is 5.43. The Morgan fingerprint density at radius 2 is 2.00 bits per heavy atom. The lowest BCUT2D eigenvalue weighted by atomic mass is 10.1. The number of nitrogens with zero attached hydrogens (tertiary/aromatic N) is 5. The van der Waals surface area contributed by atoms with Crippen LogP contribution < -0.4 is 5.32 Å². The Kier molecular flexibility index (Phi) is 7.13. The smallest absolute Gasteiger partial charge is 0.327 e. The number of nitrogens with one attached hydrogen (secondary N) is 1. The summed E-state index contributed by atoms with van der Waals surface area (Å²) in [7, 11) is 0. The minimum absolute atomic E-state index is 0.000289. The number of allylic oxidation sites excluding steroid dienone is 1. The van der Waals surface area contributed by atoms with Crippen LogP contribution in [-0.2, 0) is 19.1 Å². The highest BCUT2D eigenvalue weighted by Gasteiger charge is 2.44. The summed E-state index contributed by atoms with van der Waals surface area (Å²) in [6, 6.07) is -1.12. The largest absolute Gasteiger partial charge is 0.480 e. The maximum atomic E-state index is 11.8. The van der Waals surface area contributed by atoms with Crippen LogP contribution >= 0.6 is 11.8 Å². The van der Waals surface area contributed by atoms with Crippen LogP contribution in [0.2, 0.25) is 0 Å². The highest BCUT2D eigenvalue weighted by atomic mass is 32.2. The number of carboxylic acid groups (broad SMARTS) is 1. The fourth-order valence-corrected chi connectivity index (χ4v) is 4.59. The standard InChI is InChI=1S/C20H22N6O8S/c1-9(29)24-11(20(32)33)6-35-5-10(3-27)12-2-21-17-14-18(23-8-25(12)17)26(7-22-14)19-16(31)15(30)13(4-28)34-19/h2-3,5,7-8,11,13,15-16,19,28,30-31H,4,6H2,1H3,(H,24,29)(H,32,33)/b10-5+/t11-,13+,15+,16+,19+/m0/s1. The Hall–Kier alpha value is -3.37. The van der Waals surface area contributed by atoms with Crippen molar-refractivity contribution in [3.63, 3.8) is 0 Å². The zero-order valence-corrected chi connectivity index (χ0v) is 19.1. The Morgan fingerprint density at radius 3 is 2.63 bits per heavy atom. The SMILES string of the molecule is CC(=O)N[C@@H](CS/C=C(\C=O)c1cnc2c3ncn([C@@H]4O[C@H](CO)[C@@H](O)[C@H]4O)c3ncn12)C(=O)O. The lowest BCUT2D eigenvalue weighted by Gasteiger charge is -2.16. The molecule has 1 fully saturated rings. The van der Waals surface area contributed by atoms with E-state index in [1.807, 2.05) is 0 Å². The van der Waals surface area contributed by atoms with Gasteiger partial charge in [0.2, 0.25) is 5.91 Å². The number of ether oxygens (including phenoxy) is 1. The van der Waals surface area contributed by atoms with Gasteiger partial charge >= 0.3 is 5.97 Å². The van der Waals surface area contributed by atoms with Crippen molar-refractivity contribution in [1.29, 1.82) is 0 Å². The number of rotatable bonds is 9. The Bertz CT molecular complexity index is 1310. The molecule has 1 aliphatic rings. The minimum atomic E-state index is -1.31. The Labute approximate surface area is 201 Å². The average Bonchev–Trinajstić information content (AvgIpc) is 3.51. The van der Waals surface area contributed by atoms with E-state index in [4.69, 9.17) is 4.74 Å². The molecule has 0 bridgehead atoms. The van der Waals surface area contributed by atoms with Crippen LogP contribution in [0.15, 0.2) is 24.3 Å². The molecule has 186 valence electrons. The van der Waals surface area contributed by atoms with E-state index in [0.717, 1.165) is 11.8 Å². The molecule has 3 aromatic heterocycles. The maximum absolute atomic E-state index is 11.8. The van der Waals surface area contributed by atoms with Crippen molar-refractivity contribution < 1.29 is 39.5 Å². The molecule has 1 aliphatic heterocycles. The van der Waals surface area contributed by atoms with Crippen LogP contribution in [0.25, 0.3) is 22.4 Å². The summed E-state index contributed by atoms with van der Waals surface area (Å²) in [4.78, 5) is 47.2. The molecule has 0 saturated carbocycles. The Morgan fingerprint density at radius 1 is 1.23 bits per heavy atom. The van der Waals surface area contributed by atoms with E-state index in [9.17, 15) is 34.8 Å². The summed E-state index contributed by atoms with van der Waals surface area (Å²) < 4.78 is 8.50. The molecule has 4 heterocycles. The van der Waals surface area contributed by atoms with E-state index >= 15 is 0 Å². The van der Waals surface area contributed by atoms with Gasteiger partial charge in [0.25, 0.3) is 0 Å². The monoisotopic (exact) mass is 506 g/mol. The highest BCUT2D eigenvalue weighted by molar-refractivity contribution is 8.02. The molecule has 15 heteroatoms. The van der Waals surface area contributed by atoms with Crippen LogP contribution in [0.3, 0.4) is 0 Å². The van der Waals surface area contributed by atoms with Gasteiger partial charge < -0.3 is 30.5 Å². The third kappa shape index (κ3) is 4.63. The van der Waals surface area contributed by atoms with Gasteiger partial charge in [-0.25, -0.2) is 19.7 Å². The van der Waals surface area contributed by atoms with E-state index in [1.54, 1.807) is 0 Å². The van der Waals surface area contributed by atoms with Crippen molar-refractivity contribution in [2.45, 2.75) is 37.5 Å². The van der Waals surface area contributed by atoms with Gasteiger partial charge in [0.05, 0.1) is 24.8 Å². The van der Waals surface area contributed by atoms with Crippen molar-refractivity contribution in [3.05, 3.63) is 30.0 Å². The van der Waals surface area contributed by atoms with Gasteiger partial charge in [-0.05, 0) is 5.41 Å². The van der Waals surface area contributed by atoms with Crippen molar-refractivity contribution in [3.8, 4) is 0 Å². The lowest BCUT2D eigenvalue weighted by Crippen LogP contribution is -2.41. The quantitative estimate of drug-likeness (QED) is 0.167. The molecule has 4 rings (SSSR count). The second kappa shape index (κ2) is 10.1. The summed E-state index contributed by atoms with van der Waals surface area (Å²) in [5.74, 6) is -1.67. The van der Waals surface area contributed by atoms with Gasteiger partial charge in [-0.15, -0.1) is 11.8 Å². The molecule has 0 aromatic carbocycles. The number of amides is 1. The number of imidazole rings is 2. The summed E-state index contributed by atoms with van der Waals surface area (Å²) in [6.45, 7) is 0.743. The predicted molar refractivity (Wildman–Crippen MR) is 121 cm³/mol. The number of aliphatic hydroxyl groups is 3. The number of hydrogen-bond donors (Lipinski definition) is 5. The number of carbonyl (C=O) groups excluding carboxylic acids is 2. The normalized spacial score (nSPS) is 23.6. The molecular weight excluding hydrogens is 484 g/mol. The third-order valence-corrected chi connectivity index (χ3v) is 6.38. The lowest BCUT2D eigenvalue weighted by molar-refractivity contribution is -0.140. The number of aromatic nitrogens is 5. The van der Waals surface area contributed by atoms with Crippen LogP contribution in [0, 0.1) is 0 Å². The van der Waals surface area contributed by atoms with E-state index in [2.05, 4.69) is 20.3 Å². The first kappa shape index (κ1) is 24.7. The van der Waals surface area contributed by atoms with Crippen LogP contribution in [0.1, 0.15) is 18.8 Å². The molecule has 0 unspecified atom stereocenters. The number of aliphatic hydroxyl groups excluding tert-OH is 3. The summed E-state index contributed by atoms with van der Waals surface area (Å²) >= 11 is 1.04. The van der Waals surface area contributed by atoms with Crippen LogP contribution in [-0.4, -0.2) is 99.2 Å². The Balaban J connectivity index is 1.62. The van der Waals surface area contributed by atoms with Gasteiger partial charge in [-0.1, -0.05) is 0 Å². The van der Waals surface area contributed by atoms with Gasteiger partial charge in [0.1, 0.15) is 30.7 Å². The molecule has 0 spiro atoms. The summed E-state index contributed by atoms with van der Waals surface area (Å²) in [6.07, 6.45) is 0.214. The highest BCUT2D eigenvalue weighted by Crippen LogP contribution is 2.32. The number of aldehydes is 1. The van der Waals surface area contributed by atoms with Crippen molar-refractivity contribution >= 4 is 52.3 Å². The molecule has 5 N–H and O–H groups in total. The first-order valence-corrected chi connectivity index (χ1v) is 11.4. The zero-order valence-electron chi connectivity index (χ0n) is 18.3. The minimum Gasteiger partial charge on any atom is -0.480 e. The number of aliphatic carboxylic acids is 1. The molecule has 5 atom stereocenters. The van der Waals surface area contributed by atoms with Crippen molar-refractivity contribution in [1.82, 2.24) is 29.2 Å².